The van der Waals surface area contributed by atoms with Gasteiger partial charge in [-0.3, -0.25) is 0 Å². The molecule has 0 aliphatic carbocycles. The van der Waals surface area contributed by atoms with E-state index in [0.29, 0.717) is 31.7 Å². The highest BCUT2D eigenvalue weighted by Crippen LogP contribution is 2.35. The molecule has 0 saturated carbocycles. The third-order valence-corrected chi connectivity index (χ3v) is 2.99. The van der Waals surface area contributed by atoms with E-state index in [-0.39, 0.29) is 11.5 Å². The highest BCUT2D eigenvalue weighted by Gasteiger charge is 2.16. The van der Waals surface area contributed by atoms with Crippen molar-refractivity contribution < 1.29 is 19.7 Å². The van der Waals surface area contributed by atoms with Crippen LogP contribution in [0, 0.1) is 0 Å². The Bertz CT molecular complexity index is 497. The number of rotatable bonds is 6. The highest BCUT2D eigenvalue weighted by molar-refractivity contribution is 5.67. The Kier molecular flexibility index (Phi) is 6.34. The summed E-state index contributed by atoms with van der Waals surface area (Å²) in [6, 6.07) is 4.88. The number of phenolic OH excluding ortho intramolecular Hbond substituents is 2. The van der Waals surface area contributed by atoms with Gasteiger partial charge in [-0.15, -0.1) is 0 Å². The molecule has 0 atom stereocenters. The summed E-state index contributed by atoms with van der Waals surface area (Å²) in [5.74, 6) is -0.257. The number of carbonyl (C=O) groups is 1. The lowest BCUT2D eigenvalue weighted by Crippen LogP contribution is -2.34. The lowest BCUT2D eigenvalue weighted by molar-refractivity contribution is 0.0527. The van der Waals surface area contributed by atoms with E-state index in [9.17, 15) is 15.0 Å². The maximum atomic E-state index is 11.5. The van der Waals surface area contributed by atoms with Crippen LogP contribution in [-0.4, -0.2) is 41.5 Å². The molecule has 6 nitrogen and oxygen atoms in total. The van der Waals surface area contributed by atoms with E-state index in [1.807, 2.05) is 32.6 Å². The van der Waals surface area contributed by atoms with Gasteiger partial charge in [0.05, 0.1) is 5.69 Å². The van der Waals surface area contributed by atoms with E-state index < -0.39 is 11.7 Å². The van der Waals surface area contributed by atoms with Gasteiger partial charge in [0.25, 0.3) is 0 Å². The second kappa shape index (κ2) is 7.77. The standard InChI is InChI=1S/C16H26N2O4/c1-5-18(12-8-6-9-13(19)14(12)20)11-7-10-17-15(21)22-16(2,3)4/h6,8-9,19-20H,5,7,10-11H2,1-4H3,(H,17,21). The van der Waals surface area contributed by atoms with Crippen molar-refractivity contribution in [2.45, 2.75) is 39.7 Å². The Morgan fingerprint density at radius 1 is 1.32 bits per heavy atom. The minimum atomic E-state index is -0.507. The first-order chi connectivity index (χ1) is 10.2. The fraction of sp³-hybridized carbons (Fsp3) is 0.562. The molecule has 0 radical (unpaired) electrons. The van der Waals surface area contributed by atoms with Crippen LogP contribution in [0.5, 0.6) is 11.5 Å². The summed E-state index contributed by atoms with van der Waals surface area (Å²) >= 11 is 0. The van der Waals surface area contributed by atoms with Gasteiger partial charge in [0.15, 0.2) is 11.5 Å². The van der Waals surface area contributed by atoms with Crippen LogP contribution in [0.4, 0.5) is 10.5 Å². The fourth-order valence-electron chi connectivity index (χ4n) is 2.00. The number of hydrogen-bond acceptors (Lipinski definition) is 5. The smallest absolute Gasteiger partial charge is 0.407 e. The van der Waals surface area contributed by atoms with Crippen LogP contribution in [0.2, 0.25) is 0 Å². The molecule has 0 saturated heterocycles. The van der Waals surface area contributed by atoms with E-state index in [2.05, 4.69) is 5.32 Å². The van der Waals surface area contributed by atoms with Crippen LogP contribution < -0.4 is 10.2 Å². The quantitative estimate of drug-likeness (QED) is 0.556. The molecular formula is C16H26N2O4. The first-order valence-corrected chi connectivity index (χ1v) is 7.47. The van der Waals surface area contributed by atoms with Crippen LogP contribution in [0.15, 0.2) is 18.2 Å². The fourth-order valence-corrected chi connectivity index (χ4v) is 2.00. The molecule has 0 aromatic heterocycles. The summed E-state index contributed by atoms with van der Waals surface area (Å²) in [4.78, 5) is 13.5. The molecule has 3 N–H and O–H groups in total. The van der Waals surface area contributed by atoms with Crippen molar-refractivity contribution in [1.29, 1.82) is 0 Å². The number of hydrogen-bond donors (Lipinski definition) is 3. The number of alkyl carbamates (subject to hydrolysis) is 1. The summed E-state index contributed by atoms with van der Waals surface area (Å²) in [6.07, 6.45) is 0.262. The number of phenols is 2. The normalized spacial score (nSPS) is 11.1. The molecule has 1 rings (SSSR count). The number of anilines is 1. The Morgan fingerprint density at radius 2 is 2.00 bits per heavy atom. The monoisotopic (exact) mass is 310 g/mol. The molecule has 0 aliphatic rings. The van der Waals surface area contributed by atoms with E-state index in [0.717, 1.165) is 0 Å². The van der Waals surface area contributed by atoms with Crippen molar-refractivity contribution in [3.8, 4) is 11.5 Å². The van der Waals surface area contributed by atoms with Gasteiger partial charge in [0.1, 0.15) is 5.60 Å². The second-order valence-corrected chi connectivity index (χ2v) is 6.01. The van der Waals surface area contributed by atoms with Gasteiger partial charge >= 0.3 is 6.09 Å². The first kappa shape index (κ1) is 17.9. The maximum Gasteiger partial charge on any atom is 0.407 e. The molecular weight excluding hydrogens is 284 g/mol. The maximum absolute atomic E-state index is 11.5. The molecule has 0 spiro atoms. The number of amides is 1. The molecule has 1 amide bonds. The lowest BCUT2D eigenvalue weighted by atomic mass is 10.2. The molecule has 0 aliphatic heterocycles. The summed E-state index contributed by atoms with van der Waals surface area (Å²) in [5, 5.41) is 22.1. The number of ether oxygens (including phenoxy) is 1. The Balaban J connectivity index is 2.45. The van der Waals surface area contributed by atoms with Crippen molar-refractivity contribution in [2.75, 3.05) is 24.5 Å². The van der Waals surface area contributed by atoms with Crippen molar-refractivity contribution in [2.24, 2.45) is 0 Å². The van der Waals surface area contributed by atoms with Gasteiger partial charge in [-0.1, -0.05) is 6.07 Å². The molecule has 1 aromatic carbocycles. The molecule has 0 fully saturated rings. The second-order valence-electron chi connectivity index (χ2n) is 6.01. The molecule has 0 bridgehead atoms. The van der Waals surface area contributed by atoms with Crippen LogP contribution in [0.3, 0.4) is 0 Å². The summed E-state index contributed by atoms with van der Waals surface area (Å²) in [6.45, 7) is 9.21. The topological polar surface area (TPSA) is 82.0 Å². The predicted molar refractivity (Wildman–Crippen MR) is 86.5 cm³/mol. The number of para-hydroxylation sites is 1. The van der Waals surface area contributed by atoms with Crippen molar-refractivity contribution in [1.82, 2.24) is 5.32 Å². The molecule has 124 valence electrons. The predicted octanol–water partition coefficient (Wildman–Crippen LogP) is 2.84. The first-order valence-electron chi connectivity index (χ1n) is 7.47. The number of nitrogens with zero attached hydrogens (tertiary/aromatic N) is 1. The zero-order valence-electron chi connectivity index (χ0n) is 13.7. The van der Waals surface area contributed by atoms with Crippen molar-refractivity contribution in [3.63, 3.8) is 0 Å². The van der Waals surface area contributed by atoms with Crippen molar-refractivity contribution in [3.05, 3.63) is 18.2 Å². The zero-order chi connectivity index (χ0) is 16.8. The number of carbonyl (C=O) groups excluding carboxylic acids is 1. The zero-order valence-corrected chi connectivity index (χ0v) is 13.7. The minimum Gasteiger partial charge on any atom is -0.504 e. The van der Waals surface area contributed by atoms with Crippen molar-refractivity contribution >= 4 is 11.8 Å². The SMILES string of the molecule is CCN(CCCNC(=O)OC(C)(C)C)c1cccc(O)c1O. The molecule has 1 aromatic rings. The average molecular weight is 310 g/mol. The molecule has 0 unspecified atom stereocenters. The van der Waals surface area contributed by atoms with Crippen LogP contribution in [-0.2, 0) is 4.74 Å². The van der Waals surface area contributed by atoms with E-state index in [1.165, 1.54) is 6.07 Å². The van der Waals surface area contributed by atoms with Gasteiger partial charge in [-0.05, 0) is 46.2 Å². The Morgan fingerprint density at radius 3 is 2.59 bits per heavy atom. The molecule has 22 heavy (non-hydrogen) atoms. The van der Waals surface area contributed by atoms with Gasteiger partial charge < -0.3 is 25.2 Å². The van der Waals surface area contributed by atoms with Gasteiger partial charge in [-0.2, -0.15) is 0 Å². The number of benzene rings is 1. The number of nitrogens with one attached hydrogen (secondary N) is 1. The van der Waals surface area contributed by atoms with E-state index >= 15 is 0 Å². The lowest BCUT2D eigenvalue weighted by Gasteiger charge is -2.24. The number of aromatic hydroxyl groups is 2. The third-order valence-electron chi connectivity index (χ3n) is 2.99. The van der Waals surface area contributed by atoms with Gasteiger partial charge in [-0.25, -0.2) is 4.79 Å². The van der Waals surface area contributed by atoms with E-state index in [1.54, 1.807) is 12.1 Å². The van der Waals surface area contributed by atoms with Crippen LogP contribution in [0.1, 0.15) is 34.1 Å². The summed E-state index contributed by atoms with van der Waals surface area (Å²) in [7, 11) is 0. The largest absolute Gasteiger partial charge is 0.504 e. The Hall–Kier alpha value is -2.11. The highest BCUT2D eigenvalue weighted by atomic mass is 16.6. The summed E-state index contributed by atoms with van der Waals surface area (Å²) in [5.41, 5.74) is 0.0761. The van der Waals surface area contributed by atoms with E-state index in [4.69, 9.17) is 4.74 Å². The van der Waals surface area contributed by atoms with Gasteiger partial charge in [0.2, 0.25) is 0 Å². The summed E-state index contributed by atoms with van der Waals surface area (Å²) < 4.78 is 5.15. The van der Waals surface area contributed by atoms with Crippen LogP contribution in [0.25, 0.3) is 0 Å². The third kappa shape index (κ3) is 5.71. The molecule has 6 heteroatoms. The van der Waals surface area contributed by atoms with Gasteiger partial charge in [0, 0.05) is 19.6 Å². The Labute approximate surface area is 131 Å². The minimum absolute atomic E-state index is 0.121. The average Bonchev–Trinajstić information content (AvgIpc) is 2.41. The van der Waals surface area contributed by atoms with Crippen LogP contribution >= 0.6 is 0 Å². The molecule has 0 heterocycles.